The molecule has 0 amide bonds. The summed E-state index contributed by atoms with van der Waals surface area (Å²) < 4.78 is 21.1. The smallest absolute Gasteiger partial charge is 0.235 e. The zero-order valence-electron chi connectivity index (χ0n) is 13.7. The van der Waals surface area contributed by atoms with Crippen LogP contribution in [0.5, 0.6) is 5.75 Å². The third-order valence-corrected chi connectivity index (χ3v) is 5.67. The predicted octanol–water partition coefficient (Wildman–Crippen LogP) is 5.84. The van der Waals surface area contributed by atoms with Crippen molar-refractivity contribution in [2.75, 3.05) is 0 Å². The predicted molar refractivity (Wildman–Crippen MR) is 105 cm³/mol. The highest BCUT2D eigenvalue weighted by Gasteiger charge is 2.18. The van der Waals surface area contributed by atoms with Gasteiger partial charge in [0.25, 0.3) is 0 Å². The van der Waals surface area contributed by atoms with Crippen LogP contribution >= 0.6 is 46.1 Å². The van der Waals surface area contributed by atoms with E-state index in [0.717, 1.165) is 5.56 Å². The van der Waals surface area contributed by atoms with Crippen LogP contribution in [-0.2, 0) is 6.61 Å². The molecule has 2 aromatic heterocycles. The molecule has 27 heavy (non-hydrogen) atoms. The molecule has 0 aliphatic heterocycles. The average Bonchev–Trinajstić information content (AvgIpc) is 3.19. The van der Waals surface area contributed by atoms with Gasteiger partial charge in [0.1, 0.15) is 18.2 Å². The van der Waals surface area contributed by atoms with Gasteiger partial charge in [0.15, 0.2) is 10.8 Å². The van der Waals surface area contributed by atoms with E-state index in [0.29, 0.717) is 32.1 Å². The first-order chi connectivity index (χ1) is 12.9. The topological polar surface area (TPSA) is 52.3 Å². The Kier molecular flexibility index (Phi) is 4.94. The van der Waals surface area contributed by atoms with Gasteiger partial charge >= 0.3 is 0 Å². The molecule has 0 unspecified atom stereocenters. The summed E-state index contributed by atoms with van der Waals surface area (Å²) in [5.74, 6) is 0.422. The molecule has 0 saturated heterocycles. The minimum absolute atomic E-state index is 0.0601. The highest BCUT2D eigenvalue weighted by molar-refractivity contribution is 7.16. The fourth-order valence-corrected chi connectivity index (χ4v) is 3.76. The first kappa shape index (κ1) is 18.4. The van der Waals surface area contributed by atoms with Crippen LogP contribution in [0.1, 0.15) is 10.6 Å². The number of fused-ring (bicyclic) bond motifs is 1. The number of ether oxygens (including phenoxy) is 1. The minimum atomic E-state index is -0.593. The molecule has 2 heterocycles. The molecular formula is C17H10Cl3FN4OS. The summed E-state index contributed by atoms with van der Waals surface area (Å²) >= 11 is 19.3. The quantitative estimate of drug-likeness (QED) is 0.372. The third-order valence-electron chi connectivity index (χ3n) is 3.78. The van der Waals surface area contributed by atoms with Crippen LogP contribution < -0.4 is 4.74 Å². The van der Waals surface area contributed by atoms with Gasteiger partial charge in [-0.05, 0) is 42.8 Å². The molecule has 5 nitrogen and oxygen atoms in total. The Bertz CT molecular complexity index is 1160. The van der Waals surface area contributed by atoms with E-state index in [-0.39, 0.29) is 16.7 Å². The fraction of sp³-hybridized carbons (Fsp3) is 0.118. The van der Waals surface area contributed by atoms with E-state index in [1.54, 1.807) is 12.1 Å². The van der Waals surface area contributed by atoms with E-state index in [9.17, 15) is 4.39 Å². The summed E-state index contributed by atoms with van der Waals surface area (Å²) in [7, 11) is 0. The number of aryl methyl sites for hydroxylation is 1. The summed E-state index contributed by atoms with van der Waals surface area (Å²) in [4.78, 5) is 0.544. The molecule has 2 aromatic carbocycles. The van der Waals surface area contributed by atoms with Gasteiger partial charge < -0.3 is 4.74 Å². The van der Waals surface area contributed by atoms with E-state index in [2.05, 4.69) is 15.3 Å². The largest absolute Gasteiger partial charge is 0.486 e. The van der Waals surface area contributed by atoms with E-state index in [1.807, 2.05) is 13.0 Å². The van der Waals surface area contributed by atoms with Crippen molar-refractivity contribution in [2.45, 2.75) is 13.5 Å². The van der Waals surface area contributed by atoms with Crippen molar-refractivity contribution >= 4 is 51.1 Å². The first-order valence-electron chi connectivity index (χ1n) is 7.67. The van der Waals surface area contributed by atoms with Crippen LogP contribution in [0.25, 0.3) is 16.3 Å². The average molecular weight is 444 g/mol. The Labute approximate surface area is 172 Å². The van der Waals surface area contributed by atoms with Gasteiger partial charge in [-0.25, -0.2) is 4.39 Å². The van der Waals surface area contributed by atoms with E-state index >= 15 is 0 Å². The van der Waals surface area contributed by atoms with Crippen LogP contribution in [0.15, 0.2) is 30.3 Å². The SMILES string of the molecule is Cc1cc(OCc2nn3c(-c4cc(F)c(Cl)cc4Cl)nnc3s2)ccc1Cl. The lowest BCUT2D eigenvalue weighted by molar-refractivity contribution is 0.304. The number of aromatic nitrogens is 4. The summed E-state index contributed by atoms with van der Waals surface area (Å²) in [5.41, 5.74) is 1.28. The molecule has 4 aromatic rings. The standard InChI is InChI=1S/C17H10Cl3FN4OS/c1-8-4-9(2-3-11(8)18)26-7-15-24-25-16(22-23-17(25)27-15)10-5-14(21)13(20)6-12(10)19/h2-6H,7H2,1H3. The lowest BCUT2D eigenvalue weighted by Gasteiger charge is -2.05. The van der Waals surface area contributed by atoms with Crippen molar-refractivity contribution in [1.82, 2.24) is 19.8 Å². The summed E-state index contributed by atoms with van der Waals surface area (Å²) in [6.07, 6.45) is 0. The number of benzene rings is 2. The normalized spacial score (nSPS) is 11.3. The maximum atomic E-state index is 13.8. The van der Waals surface area contributed by atoms with E-state index < -0.39 is 5.82 Å². The maximum absolute atomic E-state index is 13.8. The minimum Gasteiger partial charge on any atom is -0.486 e. The second-order valence-corrected chi connectivity index (χ2v) is 7.92. The second kappa shape index (κ2) is 7.24. The molecule has 4 rings (SSSR count). The van der Waals surface area contributed by atoms with Gasteiger partial charge in [0, 0.05) is 10.6 Å². The highest BCUT2D eigenvalue weighted by Crippen LogP contribution is 2.32. The Morgan fingerprint density at radius 3 is 2.67 bits per heavy atom. The fourth-order valence-electron chi connectivity index (χ4n) is 2.43. The molecule has 138 valence electrons. The molecule has 10 heteroatoms. The molecular weight excluding hydrogens is 434 g/mol. The van der Waals surface area contributed by atoms with Crippen molar-refractivity contribution in [1.29, 1.82) is 0 Å². The molecule has 0 bridgehead atoms. The van der Waals surface area contributed by atoms with Crippen LogP contribution in [0, 0.1) is 12.7 Å². The zero-order valence-corrected chi connectivity index (χ0v) is 16.8. The Morgan fingerprint density at radius 1 is 1.07 bits per heavy atom. The van der Waals surface area contributed by atoms with Gasteiger partial charge in [-0.2, -0.15) is 9.61 Å². The van der Waals surface area contributed by atoms with Crippen LogP contribution in [0.4, 0.5) is 4.39 Å². The van der Waals surface area contributed by atoms with Crippen LogP contribution in [-0.4, -0.2) is 19.8 Å². The number of hydrogen-bond acceptors (Lipinski definition) is 5. The van der Waals surface area contributed by atoms with Crippen molar-refractivity contribution in [3.8, 4) is 17.1 Å². The van der Waals surface area contributed by atoms with Crippen molar-refractivity contribution in [3.05, 3.63) is 61.8 Å². The summed E-state index contributed by atoms with van der Waals surface area (Å²) in [6, 6.07) is 7.96. The molecule has 0 fully saturated rings. The van der Waals surface area contributed by atoms with Gasteiger partial charge in [0.05, 0.1) is 10.0 Å². The van der Waals surface area contributed by atoms with Crippen LogP contribution in [0.3, 0.4) is 0 Å². The second-order valence-electron chi connectivity index (χ2n) is 5.66. The van der Waals surface area contributed by atoms with Gasteiger partial charge in [0.2, 0.25) is 4.96 Å². The van der Waals surface area contributed by atoms with Crippen molar-refractivity contribution in [2.24, 2.45) is 0 Å². The molecule has 0 aliphatic carbocycles. The molecule has 0 aliphatic rings. The number of nitrogens with zero attached hydrogens (tertiary/aromatic N) is 4. The molecule has 0 spiro atoms. The maximum Gasteiger partial charge on any atom is 0.235 e. The molecule has 0 atom stereocenters. The lowest BCUT2D eigenvalue weighted by Crippen LogP contribution is -1.98. The third kappa shape index (κ3) is 3.60. The number of hydrogen-bond donors (Lipinski definition) is 0. The Hall–Kier alpha value is -1.93. The van der Waals surface area contributed by atoms with Crippen molar-refractivity contribution < 1.29 is 9.13 Å². The van der Waals surface area contributed by atoms with Gasteiger partial charge in [-0.1, -0.05) is 46.1 Å². The summed E-state index contributed by atoms with van der Waals surface area (Å²) in [5, 5.41) is 14.1. The van der Waals surface area contributed by atoms with Gasteiger partial charge in [-0.3, -0.25) is 0 Å². The summed E-state index contributed by atoms with van der Waals surface area (Å²) in [6.45, 7) is 2.15. The van der Waals surface area contributed by atoms with Gasteiger partial charge in [-0.15, -0.1) is 10.2 Å². The number of halogens is 4. The zero-order chi connectivity index (χ0) is 19.1. The first-order valence-corrected chi connectivity index (χ1v) is 9.62. The highest BCUT2D eigenvalue weighted by atomic mass is 35.5. The lowest BCUT2D eigenvalue weighted by atomic mass is 10.2. The molecule has 0 N–H and O–H groups in total. The van der Waals surface area contributed by atoms with E-state index in [4.69, 9.17) is 39.5 Å². The Morgan fingerprint density at radius 2 is 1.89 bits per heavy atom. The molecule has 0 saturated carbocycles. The Balaban J connectivity index is 1.62. The van der Waals surface area contributed by atoms with Crippen molar-refractivity contribution in [3.63, 3.8) is 0 Å². The number of rotatable bonds is 4. The van der Waals surface area contributed by atoms with E-state index in [1.165, 1.54) is 28.0 Å². The van der Waals surface area contributed by atoms with Crippen LogP contribution in [0.2, 0.25) is 15.1 Å². The molecule has 0 radical (unpaired) electrons. The monoisotopic (exact) mass is 442 g/mol.